The number of benzene rings is 1. The minimum Gasteiger partial charge on any atom is -0.375 e. The number of amides is 1. The maximum absolute atomic E-state index is 12.4. The predicted molar refractivity (Wildman–Crippen MR) is 70.2 cm³/mol. The van der Waals surface area contributed by atoms with Crippen molar-refractivity contribution in [2.75, 3.05) is 19.7 Å². The third-order valence-corrected chi connectivity index (χ3v) is 3.57. The van der Waals surface area contributed by atoms with Gasteiger partial charge in [0, 0.05) is 17.6 Å². The third kappa shape index (κ3) is 2.87. The lowest BCUT2D eigenvalue weighted by atomic mass is 10.1. The van der Waals surface area contributed by atoms with Crippen molar-refractivity contribution in [3.05, 3.63) is 33.8 Å². The Morgan fingerprint density at radius 3 is 3.00 bits per heavy atom. The van der Waals surface area contributed by atoms with Crippen LogP contribution in [0.2, 0.25) is 0 Å². The summed E-state index contributed by atoms with van der Waals surface area (Å²) in [6.45, 7) is 5.94. The fourth-order valence-corrected chi connectivity index (χ4v) is 2.39. The predicted octanol–water partition coefficient (Wildman–Crippen LogP) is 2.62. The summed E-state index contributed by atoms with van der Waals surface area (Å²) in [6, 6.07) is 5.84. The molecule has 3 nitrogen and oxygen atoms in total. The van der Waals surface area contributed by atoms with Crippen LogP contribution in [0.1, 0.15) is 22.8 Å². The summed E-state index contributed by atoms with van der Waals surface area (Å²) in [4.78, 5) is 14.2. The Bertz CT molecular complexity index is 433. The molecule has 1 aromatic carbocycles. The normalized spacial score (nSPS) is 20.4. The number of nitrogens with zero attached hydrogens (tertiary/aromatic N) is 1. The Hall–Kier alpha value is -0.870. The molecule has 0 radical (unpaired) electrons. The lowest BCUT2D eigenvalue weighted by molar-refractivity contribution is -0.0124. The fourth-order valence-electron chi connectivity index (χ4n) is 1.98. The summed E-state index contributed by atoms with van der Waals surface area (Å²) >= 11 is 3.43. The number of carbonyl (C=O) groups is 1. The summed E-state index contributed by atoms with van der Waals surface area (Å²) in [5.74, 6) is 0.0794. The molecule has 0 aliphatic carbocycles. The zero-order chi connectivity index (χ0) is 12.4. The van der Waals surface area contributed by atoms with E-state index in [1.807, 2.05) is 36.9 Å². The maximum atomic E-state index is 12.4. The molecule has 92 valence electrons. The van der Waals surface area contributed by atoms with E-state index >= 15 is 0 Å². The van der Waals surface area contributed by atoms with Crippen molar-refractivity contribution in [1.82, 2.24) is 4.90 Å². The second kappa shape index (κ2) is 5.19. The Labute approximate surface area is 110 Å². The van der Waals surface area contributed by atoms with Crippen LogP contribution < -0.4 is 0 Å². The first-order chi connectivity index (χ1) is 8.08. The average molecular weight is 298 g/mol. The van der Waals surface area contributed by atoms with Gasteiger partial charge in [0.25, 0.3) is 5.91 Å². The molecule has 1 saturated heterocycles. The smallest absolute Gasteiger partial charge is 0.255 e. The van der Waals surface area contributed by atoms with Crippen molar-refractivity contribution in [3.8, 4) is 0 Å². The standard InChI is InChI=1S/C13H16BrNO2/c1-9-3-4-12(14)11(7-9)13(16)15-5-6-17-10(2)8-15/h3-4,7,10H,5-6,8H2,1-2H3. The van der Waals surface area contributed by atoms with Gasteiger partial charge < -0.3 is 9.64 Å². The molecule has 0 bridgehead atoms. The van der Waals surface area contributed by atoms with Crippen molar-refractivity contribution in [3.63, 3.8) is 0 Å². The number of hydrogen-bond acceptors (Lipinski definition) is 2. The van der Waals surface area contributed by atoms with E-state index in [1.54, 1.807) is 0 Å². The molecule has 0 saturated carbocycles. The molecule has 1 unspecified atom stereocenters. The van der Waals surface area contributed by atoms with E-state index in [-0.39, 0.29) is 12.0 Å². The number of rotatable bonds is 1. The molecule has 1 atom stereocenters. The van der Waals surface area contributed by atoms with Gasteiger partial charge in [-0.3, -0.25) is 4.79 Å². The minimum atomic E-state index is 0.0794. The van der Waals surface area contributed by atoms with Crippen LogP contribution >= 0.6 is 15.9 Å². The molecule has 1 aromatic rings. The van der Waals surface area contributed by atoms with E-state index in [1.165, 1.54) is 0 Å². The van der Waals surface area contributed by atoms with Gasteiger partial charge in [-0.15, -0.1) is 0 Å². The summed E-state index contributed by atoms with van der Waals surface area (Å²) in [7, 11) is 0. The van der Waals surface area contributed by atoms with Gasteiger partial charge in [-0.2, -0.15) is 0 Å². The highest BCUT2D eigenvalue weighted by atomic mass is 79.9. The quantitative estimate of drug-likeness (QED) is 0.797. The summed E-state index contributed by atoms with van der Waals surface area (Å²) in [5, 5.41) is 0. The van der Waals surface area contributed by atoms with Crippen LogP contribution in [0.25, 0.3) is 0 Å². The summed E-state index contributed by atoms with van der Waals surface area (Å²) in [6.07, 6.45) is 0.122. The molecule has 1 aliphatic rings. The van der Waals surface area contributed by atoms with Gasteiger partial charge in [0.05, 0.1) is 18.3 Å². The first-order valence-corrected chi connectivity index (χ1v) is 6.54. The van der Waals surface area contributed by atoms with Crippen LogP contribution in [0.15, 0.2) is 22.7 Å². The Kier molecular flexibility index (Phi) is 3.84. The molecule has 1 amide bonds. The van der Waals surface area contributed by atoms with E-state index in [0.717, 1.165) is 15.6 Å². The number of morpholine rings is 1. The monoisotopic (exact) mass is 297 g/mol. The van der Waals surface area contributed by atoms with Gasteiger partial charge in [-0.05, 0) is 41.9 Å². The molecule has 0 aromatic heterocycles. The molecule has 2 rings (SSSR count). The lowest BCUT2D eigenvalue weighted by Gasteiger charge is -2.31. The Balaban J connectivity index is 2.21. The van der Waals surface area contributed by atoms with Crippen LogP contribution in [0.3, 0.4) is 0 Å². The minimum absolute atomic E-state index is 0.0794. The van der Waals surface area contributed by atoms with Crippen molar-refractivity contribution < 1.29 is 9.53 Å². The third-order valence-electron chi connectivity index (χ3n) is 2.88. The second-order valence-electron chi connectivity index (χ2n) is 4.42. The Morgan fingerprint density at radius 2 is 2.29 bits per heavy atom. The van der Waals surface area contributed by atoms with Crippen molar-refractivity contribution in [1.29, 1.82) is 0 Å². The largest absolute Gasteiger partial charge is 0.375 e. The number of halogens is 1. The zero-order valence-corrected chi connectivity index (χ0v) is 11.7. The topological polar surface area (TPSA) is 29.5 Å². The Morgan fingerprint density at radius 1 is 1.53 bits per heavy atom. The maximum Gasteiger partial charge on any atom is 0.255 e. The van der Waals surface area contributed by atoms with Gasteiger partial charge in [0.15, 0.2) is 0 Å². The summed E-state index contributed by atoms with van der Waals surface area (Å²) in [5.41, 5.74) is 1.83. The van der Waals surface area contributed by atoms with Crippen LogP contribution in [0.4, 0.5) is 0 Å². The van der Waals surface area contributed by atoms with E-state index < -0.39 is 0 Å². The zero-order valence-electron chi connectivity index (χ0n) is 10.1. The second-order valence-corrected chi connectivity index (χ2v) is 5.27. The summed E-state index contributed by atoms with van der Waals surface area (Å²) < 4.78 is 6.30. The van der Waals surface area contributed by atoms with Crippen molar-refractivity contribution >= 4 is 21.8 Å². The van der Waals surface area contributed by atoms with Crippen LogP contribution in [0.5, 0.6) is 0 Å². The first kappa shape index (κ1) is 12.6. The van der Waals surface area contributed by atoms with Gasteiger partial charge in [-0.1, -0.05) is 11.6 Å². The van der Waals surface area contributed by atoms with E-state index in [0.29, 0.717) is 19.7 Å². The van der Waals surface area contributed by atoms with Gasteiger partial charge in [0.1, 0.15) is 0 Å². The number of hydrogen-bond donors (Lipinski definition) is 0. The van der Waals surface area contributed by atoms with Gasteiger partial charge in [-0.25, -0.2) is 0 Å². The molecule has 1 heterocycles. The molecular weight excluding hydrogens is 282 g/mol. The number of ether oxygens (including phenoxy) is 1. The number of aryl methyl sites for hydroxylation is 1. The van der Waals surface area contributed by atoms with E-state index in [2.05, 4.69) is 15.9 Å². The van der Waals surface area contributed by atoms with E-state index in [9.17, 15) is 4.79 Å². The first-order valence-electron chi connectivity index (χ1n) is 5.75. The number of carbonyl (C=O) groups excluding carboxylic acids is 1. The van der Waals surface area contributed by atoms with Crippen LogP contribution in [-0.2, 0) is 4.74 Å². The lowest BCUT2D eigenvalue weighted by Crippen LogP contribution is -2.44. The molecule has 0 N–H and O–H groups in total. The SMILES string of the molecule is Cc1ccc(Br)c(C(=O)N2CCOC(C)C2)c1. The molecule has 0 spiro atoms. The molecule has 1 aliphatic heterocycles. The highest BCUT2D eigenvalue weighted by molar-refractivity contribution is 9.10. The molecule has 1 fully saturated rings. The highest BCUT2D eigenvalue weighted by Crippen LogP contribution is 2.21. The highest BCUT2D eigenvalue weighted by Gasteiger charge is 2.23. The fraction of sp³-hybridized carbons (Fsp3) is 0.462. The van der Waals surface area contributed by atoms with Crippen molar-refractivity contribution in [2.24, 2.45) is 0 Å². The van der Waals surface area contributed by atoms with Crippen molar-refractivity contribution in [2.45, 2.75) is 20.0 Å². The van der Waals surface area contributed by atoms with Crippen LogP contribution in [0, 0.1) is 6.92 Å². The van der Waals surface area contributed by atoms with E-state index in [4.69, 9.17) is 4.74 Å². The van der Waals surface area contributed by atoms with Gasteiger partial charge >= 0.3 is 0 Å². The molecule has 4 heteroatoms. The van der Waals surface area contributed by atoms with Gasteiger partial charge in [0.2, 0.25) is 0 Å². The van der Waals surface area contributed by atoms with Crippen LogP contribution in [-0.4, -0.2) is 36.6 Å². The molecule has 17 heavy (non-hydrogen) atoms. The molecular formula is C13H16BrNO2. The average Bonchev–Trinajstić information content (AvgIpc) is 2.31.